The molecule has 2 aromatic rings. The summed E-state index contributed by atoms with van der Waals surface area (Å²) in [6.45, 7) is 5.82. The van der Waals surface area contributed by atoms with Gasteiger partial charge in [0.15, 0.2) is 11.5 Å². The highest BCUT2D eigenvalue weighted by atomic mass is 16.5. The van der Waals surface area contributed by atoms with Crippen LogP contribution >= 0.6 is 0 Å². The van der Waals surface area contributed by atoms with Crippen molar-refractivity contribution in [2.45, 2.75) is 32.2 Å². The highest BCUT2D eigenvalue weighted by Gasteiger charge is 2.30. The molecule has 4 heteroatoms. The van der Waals surface area contributed by atoms with E-state index in [2.05, 4.69) is 5.32 Å². The van der Waals surface area contributed by atoms with Crippen LogP contribution in [0.25, 0.3) is 0 Å². The van der Waals surface area contributed by atoms with Crippen LogP contribution in [0.2, 0.25) is 0 Å². The maximum Gasteiger partial charge on any atom is 0.230 e. The molecule has 0 saturated heterocycles. The van der Waals surface area contributed by atoms with E-state index in [0.29, 0.717) is 11.5 Å². The molecule has 1 unspecified atom stereocenters. The van der Waals surface area contributed by atoms with E-state index in [9.17, 15) is 4.79 Å². The van der Waals surface area contributed by atoms with E-state index in [-0.39, 0.29) is 11.9 Å². The summed E-state index contributed by atoms with van der Waals surface area (Å²) in [5, 5.41) is 3.09. The minimum Gasteiger partial charge on any atom is -0.493 e. The molecule has 2 aromatic carbocycles. The van der Waals surface area contributed by atoms with Crippen molar-refractivity contribution in [2.75, 3.05) is 14.2 Å². The Balaban J connectivity index is 2.17. The van der Waals surface area contributed by atoms with Gasteiger partial charge in [-0.3, -0.25) is 4.79 Å². The first-order valence-electron chi connectivity index (χ1n) is 7.98. The summed E-state index contributed by atoms with van der Waals surface area (Å²) in [6, 6.07) is 15.3. The molecule has 2 rings (SSSR count). The Labute approximate surface area is 143 Å². The molecular weight excluding hydrogens is 302 g/mol. The molecule has 1 amide bonds. The molecule has 0 radical (unpaired) electrons. The topological polar surface area (TPSA) is 47.6 Å². The van der Waals surface area contributed by atoms with Crippen molar-refractivity contribution in [3.63, 3.8) is 0 Å². The van der Waals surface area contributed by atoms with Gasteiger partial charge in [-0.05, 0) is 44.0 Å². The molecule has 0 aliphatic carbocycles. The van der Waals surface area contributed by atoms with Crippen LogP contribution in [0.3, 0.4) is 0 Å². The van der Waals surface area contributed by atoms with Gasteiger partial charge in [-0.2, -0.15) is 0 Å². The molecule has 0 saturated carbocycles. The summed E-state index contributed by atoms with van der Waals surface area (Å²) in [4.78, 5) is 12.8. The molecule has 0 bridgehead atoms. The van der Waals surface area contributed by atoms with Crippen LogP contribution in [0.4, 0.5) is 0 Å². The Morgan fingerprint density at radius 1 is 1.00 bits per heavy atom. The fraction of sp³-hybridized carbons (Fsp3) is 0.350. The Hall–Kier alpha value is -2.49. The number of amides is 1. The number of rotatable bonds is 6. The first kappa shape index (κ1) is 17.9. The number of nitrogens with one attached hydrogen (secondary N) is 1. The third-order valence-electron chi connectivity index (χ3n) is 4.32. The molecule has 0 heterocycles. The number of ether oxygens (including phenoxy) is 2. The summed E-state index contributed by atoms with van der Waals surface area (Å²) in [5.74, 6) is 1.30. The highest BCUT2D eigenvalue weighted by molar-refractivity contribution is 5.87. The second-order valence-electron chi connectivity index (χ2n) is 6.30. The first-order chi connectivity index (χ1) is 11.4. The first-order valence-corrected chi connectivity index (χ1v) is 7.98. The number of methoxy groups -OCH3 is 2. The van der Waals surface area contributed by atoms with Gasteiger partial charge in [-0.25, -0.2) is 0 Å². The third kappa shape index (κ3) is 3.70. The Morgan fingerprint density at radius 2 is 1.62 bits per heavy atom. The SMILES string of the molecule is COc1ccc(C(C)NC(=O)C(C)(C)c2ccccc2)cc1OC. The summed E-state index contributed by atoms with van der Waals surface area (Å²) in [6.07, 6.45) is 0. The largest absolute Gasteiger partial charge is 0.493 e. The predicted octanol–water partition coefficient (Wildman–Crippen LogP) is 3.86. The standard InChI is InChI=1S/C20H25NO3/c1-14(15-11-12-17(23-4)18(13-15)24-5)21-19(22)20(2,3)16-9-7-6-8-10-16/h6-14H,1-5H3,(H,21,22). The zero-order chi connectivity index (χ0) is 17.7. The summed E-state index contributed by atoms with van der Waals surface area (Å²) in [5.41, 5.74) is 1.35. The summed E-state index contributed by atoms with van der Waals surface area (Å²) in [7, 11) is 3.20. The fourth-order valence-corrected chi connectivity index (χ4v) is 2.57. The Bertz CT molecular complexity index is 695. The Kier molecular flexibility index (Phi) is 5.50. The average Bonchev–Trinajstić information content (AvgIpc) is 2.61. The van der Waals surface area contributed by atoms with Gasteiger partial charge in [0.25, 0.3) is 0 Å². The molecule has 0 fully saturated rings. The number of benzene rings is 2. The van der Waals surface area contributed by atoms with Crippen LogP contribution in [0.5, 0.6) is 11.5 Å². The fourth-order valence-electron chi connectivity index (χ4n) is 2.57. The lowest BCUT2D eigenvalue weighted by atomic mass is 9.83. The predicted molar refractivity (Wildman–Crippen MR) is 95.6 cm³/mol. The van der Waals surface area contributed by atoms with Gasteiger partial charge in [-0.15, -0.1) is 0 Å². The normalized spacial score (nSPS) is 12.4. The second-order valence-corrected chi connectivity index (χ2v) is 6.30. The van der Waals surface area contributed by atoms with Crippen LogP contribution in [-0.2, 0) is 10.2 Å². The van der Waals surface area contributed by atoms with Crippen molar-refractivity contribution in [3.05, 3.63) is 59.7 Å². The van der Waals surface area contributed by atoms with Crippen molar-refractivity contribution in [3.8, 4) is 11.5 Å². The average molecular weight is 327 g/mol. The molecule has 4 nitrogen and oxygen atoms in total. The third-order valence-corrected chi connectivity index (χ3v) is 4.32. The highest BCUT2D eigenvalue weighted by Crippen LogP contribution is 2.30. The van der Waals surface area contributed by atoms with Gasteiger partial charge in [0, 0.05) is 0 Å². The molecule has 0 aliphatic rings. The number of hydrogen-bond donors (Lipinski definition) is 1. The van der Waals surface area contributed by atoms with E-state index in [0.717, 1.165) is 11.1 Å². The lowest BCUT2D eigenvalue weighted by Gasteiger charge is -2.27. The summed E-state index contributed by atoms with van der Waals surface area (Å²) >= 11 is 0. The van der Waals surface area contributed by atoms with E-state index in [1.807, 2.05) is 69.3 Å². The molecular formula is C20H25NO3. The molecule has 0 aliphatic heterocycles. The van der Waals surface area contributed by atoms with Gasteiger partial charge < -0.3 is 14.8 Å². The Morgan fingerprint density at radius 3 is 2.21 bits per heavy atom. The van der Waals surface area contributed by atoms with Crippen LogP contribution in [-0.4, -0.2) is 20.1 Å². The minimum absolute atomic E-state index is 0.0176. The van der Waals surface area contributed by atoms with Gasteiger partial charge in [0.05, 0.1) is 25.7 Å². The van der Waals surface area contributed by atoms with E-state index in [4.69, 9.17) is 9.47 Å². The zero-order valence-corrected chi connectivity index (χ0v) is 14.9. The van der Waals surface area contributed by atoms with Crippen LogP contribution in [0, 0.1) is 0 Å². The molecule has 0 spiro atoms. The van der Waals surface area contributed by atoms with Crippen molar-refractivity contribution >= 4 is 5.91 Å². The van der Waals surface area contributed by atoms with Gasteiger partial charge in [-0.1, -0.05) is 36.4 Å². The molecule has 1 atom stereocenters. The second kappa shape index (κ2) is 7.39. The molecule has 0 aromatic heterocycles. The molecule has 128 valence electrons. The van der Waals surface area contributed by atoms with E-state index in [1.165, 1.54) is 0 Å². The van der Waals surface area contributed by atoms with E-state index < -0.39 is 5.41 Å². The van der Waals surface area contributed by atoms with Crippen molar-refractivity contribution in [2.24, 2.45) is 0 Å². The monoisotopic (exact) mass is 327 g/mol. The van der Waals surface area contributed by atoms with Gasteiger partial charge >= 0.3 is 0 Å². The summed E-state index contributed by atoms with van der Waals surface area (Å²) < 4.78 is 10.6. The van der Waals surface area contributed by atoms with Crippen molar-refractivity contribution < 1.29 is 14.3 Å². The zero-order valence-electron chi connectivity index (χ0n) is 14.9. The van der Waals surface area contributed by atoms with Crippen molar-refractivity contribution in [1.82, 2.24) is 5.32 Å². The quantitative estimate of drug-likeness (QED) is 0.876. The molecule has 24 heavy (non-hydrogen) atoms. The van der Waals surface area contributed by atoms with E-state index >= 15 is 0 Å². The number of carbonyl (C=O) groups excluding carboxylic acids is 1. The number of hydrogen-bond acceptors (Lipinski definition) is 3. The minimum atomic E-state index is -0.605. The molecule has 1 N–H and O–H groups in total. The smallest absolute Gasteiger partial charge is 0.230 e. The van der Waals surface area contributed by atoms with Crippen molar-refractivity contribution in [1.29, 1.82) is 0 Å². The van der Waals surface area contributed by atoms with E-state index in [1.54, 1.807) is 14.2 Å². The van der Waals surface area contributed by atoms with Gasteiger partial charge in [0.1, 0.15) is 0 Å². The van der Waals surface area contributed by atoms with Crippen LogP contribution in [0.15, 0.2) is 48.5 Å². The van der Waals surface area contributed by atoms with Gasteiger partial charge in [0.2, 0.25) is 5.91 Å². The number of carbonyl (C=O) groups is 1. The maximum atomic E-state index is 12.8. The lowest BCUT2D eigenvalue weighted by molar-refractivity contribution is -0.126. The van der Waals surface area contributed by atoms with Crippen LogP contribution in [0.1, 0.15) is 37.9 Å². The lowest BCUT2D eigenvalue weighted by Crippen LogP contribution is -2.41. The maximum absolute atomic E-state index is 12.8. The van der Waals surface area contributed by atoms with Crippen LogP contribution < -0.4 is 14.8 Å².